The van der Waals surface area contributed by atoms with Crippen LogP contribution >= 0.6 is 0 Å². The van der Waals surface area contributed by atoms with Gasteiger partial charge in [0.1, 0.15) is 12.6 Å². The molecule has 0 atom stereocenters. The van der Waals surface area contributed by atoms with Crippen molar-refractivity contribution >= 4 is 12.6 Å². The second kappa shape index (κ2) is 12.9. The van der Waals surface area contributed by atoms with Crippen molar-refractivity contribution in [1.82, 2.24) is 4.90 Å². The molecule has 0 spiro atoms. The predicted molar refractivity (Wildman–Crippen MR) is 148 cm³/mol. The van der Waals surface area contributed by atoms with Crippen LogP contribution in [-0.2, 0) is 9.59 Å². The second-order valence-corrected chi connectivity index (χ2v) is 14.1. The Morgan fingerprint density at radius 3 is 1.00 bits per heavy atom. The van der Waals surface area contributed by atoms with Crippen LogP contribution in [0.4, 0.5) is 0 Å². The van der Waals surface area contributed by atoms with Gasteiger partial charge in [-0.15, -0.1) is 0 Å². The normalized spacial score (nSPS) is 44.7. The maximum atomic E-state index is 11.2. The lowest BCUT2D eigenvalue weighted by Gasteiger charge is -2.50. The fourth-order valence-electron chi connectivity index (χ4n) is 9.68. The van der Waals surface area contributed by atoms with Crippen molar-refractivity contribution in [1.29, 1.82) is 0 Å². The number of hydrogen-bond donors (Lipinski definition) is 0. The molecule has 5 fully saturated rings. The summed E-state index contributed by atoms with van der Waals surface area (Å²) in [5.41, 5.74) is 0. The highest BCUT2D eigenvalue weighted by molar-refractivity contribution is 5.53. The molecule has 0 bridgehead atoms. The molecule has 0 aromatic carbocycles. The topological polar surface area (TPSA) is 37.4 Å². The Morgan fingerprint density at radius 1 is 0.417 bits per heavy atom. The zero-order valence-electron chi connectivity index (χ0n) is 23.3. The monoisotopic (exact) mass is 497 g/mol. The van der Waals surface area contributed by atoms with Gasteiger partial charge in [-0.3, -0.25) is 4.90 Å². The SMILES string of the molecule is CC1CCC(N(C2CCC(C3CCC(C=O)CC3)CC2)C2CCC(C3CCC(C=O)CC3)CC2)CC1. The summed E-state index contributed by atoms with van der Waals surface area (Å²) < 4.78 is 0. The van der Waals surface area contributed by atoms with Crippen LogP contribution in [0.1, 0.15) is 135 Å². The van der Waals surface area contributed by atoms with Crippen molar-refractivity contribution in [2.24, 2.45) is 41.4 Å². The van der Waals surface area contributed by atoms with Crippen LogP contribution in [0, 0.1) is 41.4 Å². The molecule has 0 saturated heterocycles. The van der Waals surface area contributed by atoms with Crippen molar-refractivity contribution in [2.45, 2.75) is 153 Å². The Hall–Kier alpha value is -0.700. The van der Waals surface area contributed by atoms with Gasteiger partial charge in [-0.05, 0) is 158 Å². The summed E-state index contributed by atoms with van der Waals surface area (Å²) in [6, 6.07) is 2.50. The number of carbonyl (C=O) groups is 2. The fraction of sp³-hybridized carbons (Fsp3) is 0.939. The standard InChI is InChI=1S/C33H55NO2/c1-24-2-16-31(17-3-24)34(32-18-12-29(13-19-32)27-8-4-25(22-35)5-9-27)33-20-14-30(15-21-33)28-10-6-26(23-36)7-11-28/h22-33H,2-21H2,1H3. The Morgan fingerprint density at radius 2 is 0.694 bits per heavy atom. The van der Waals surface area contributed by atoms with Crippen LogP contribution in [0.3, 0.4) is 0 Å². The van der Waals surface area contributed by atoms with E-state index in [1.165, 1.54) is 115 Å². The van der Waals surface area contributed by atoms with E-state index in [1.54, 1.807) is 0 Å². The van der Waals surface area contributed by atoms with Gasteiger partial charge in [-0.2, -0.15) is 0 Å². The Bertz CT molecular complexity index is 620. The van der Waals surface area contributed by atoms with E-state index in [-0.39, 0.29) is 0 Å². The van der Waals surface area contributed by atoms with Gasteiger partial charge < -0.3 is 9.59 Å². The highest BCUT2D eigenvalue weighted by Crippen LogP contribution is 2.45. The average molecular weight is 498 g/mol. The molecule has 5 aliphatic rings. The van der Waals surface area contributed by atoms with Crippen LogP contribution in [0.15, 0.2) is 0 Å². The van der Waals surface area contributed by atoms with Gasteiger partial charge in [-0.1, -0.05) is 6.92 Å². The van der Waals surface area contributed by atoms with Crippen LogP contribution in [-0.4, -0.2) is 35.6 Å². The van der Waals surface area contributed by atoms with Crippen molar-refractivity contribution in [3.8, 4) is 0 Å². The largest absolute Gasteiger partial charge is 0.303 e. The molecule has 0 amide bonds. The molecule has 0 unspecified atom stereocenters. The summed E-state index contributed by atoms with van der Waals surface area (Å²) in [5, 5.41) is 0. The molecule has 36 heavy (non-hydrogen) atoms. The third-order valence-corrected chi connectivity index (χ3v) is 12.1. The van der Waals surface area contributed by atoms with Crippen LogP contribution in [0.25, 0.3) is 0 Å². The third-order valence-electron chi connectivity index (χ3n) is 12.1. The van der Waals surface area contributed by atoms with Crippen LogP contribution in [0.2, 0.25) is 0 Å². The molecular formula is C33H55NO2. The predicted octanol–water partition coefficient (Wildman–Crippen LogP) is 8.00. The molecule has 5 saturated carbocycles. The first-order valence-electron chi connectivity index (χ1n) is 16.3. The summed E-state index contributed by atoms with van der Waals surface area (Å²) in [7, 11) is 0. The average Bonchev–Trinajstić information content (AvgIpc) is 2.95. The summed E-state index contributed by atoms with van der Waals surface area (Å²) in [6.07, 6.45) is 29.5. The summed E-state index contributed by atoms with van der Waals surface area (Å²) in [4.78, 5) is 25.5. The van der Waals surface area contributed by atoms with E-state index in [0.29, 0.717) is 11.8 Å². The zero-order chi connectivity index (χ0) is 24.9. The molecule has 0 N–H and O–H groups in total. The van der Waals surface area contributed by atoms with Gasteiger partial charge >= 0.3 is 0 Å². The quantitative estimate of drug-likeness (QED) is 0.334. The van der Waals surface area contributed by atoms with Crippen LogP contribution < -0.4 is 0 Å². The molecule has 5 aliphatic carbocycles. The number of aldehydes is 2. The molecule has 0 aromatic rings. The van der Waals surface area contributed by atoms with Crippen molar-refractivity contribution < 1.29 is 9.59 Å². The lowest BCUT2D eigenvalue weighted by molar-refractivity contribution is -0.113. The van der Waals surface area contributed by atoms with Gasteiger partial charge in [0.2, 0.25) is 0 Å². The van der Waals surface area contributed by atoms with E-state index in [4.69, 9.17) is 0 Å². The third kappa shape index (κ3) is 6.47. The molecular weight excluding hydrogens is 442 g/mol. The molecule has 204 valence electrons. The first-order valence-corrected chi connectivity index (χ1v) is 16.3. The number of carbonyl (C=O) groups excluding carboxylic acids is 2. The van der Waals surface area contributed by atoms with Crippen molar-refractivity contribution in [3.05, 3.63) is 0 Å². The zero-order valence-corrected chi connectivity index (χ0v) is 23.3. The van der Waals surface area contributed by atoms with Crippen molar-refractivity contribution in [3.63, 3.8) is 0 Å². The minimum Gasteiger partial charge on any atom is -0.303 e. The summed E-state index contributed by atoms with van der Waals surface area (Å²) in [6.45, 7) is 2.47. The van der Waals surface area contributed by atoms with E-state index in [0.717, 1.165) is 73.4 Å². The van der Waals surface area contributed by atoms with Crippen molar-refractivity contribution in [2.75, 3.05) is 0 Å². The smallest absolute Gasteiger partial charge is 0.123 e. The van der Waals surface area contributed by atoms with E-state index in [1.807, 2.05) is 0 Å². The fourth-order valence-corrected chi connectivity index (χ4v) is 9.68. The molecule has 3 nitrogen and oxygen atoms in total. The Kier molecular flexibility index (Phi) is 9.64. The molecule has 0 aliphatic heterocycles. The van der Waals surface area contributed by atoms with Crippen LogP contribution in [0.5, 0.6) is 0 Å². The first-order chi connectivity index (χ1) is 17.6. The van der Waals surface area contributed by atoms with E-state index >= 15 is 0 Å². The Labute approximate surface area is 221 Å². The molecule has 0 aromatic heterocycles. The highest BCUT2D eigenvalue weighted by atomic mass is 16.1. The molecule has 0 heterocycles. The highest BCUT2D eigenvalue weighted by Gasteiger charge is 2.40. The lowest BCUT2D eigenvalue weighted by Crippen LogP contribution is -2.53. The maximum Gasteiger partial charge on any atom is 0.123 e. The number of hydrogen-bond acceptors (Lipinski definition) is 3. The summed E-state index contributed by atoms with van der Waals surface area (Å²) >= 11 is 0. The van der Waals surface area contributed by atoms with Gasteiger partial charge in [0.05, 0.1) is 0 Å². The maximum absolute atomic E-state index is 11.2. The number of nitrogens with zero attached hydrogens (tertiary/aromatic N) is 1. The molecule has 3 heteroatoms. The molecule has 0 radical (unpaired) electrons. The van der Waals surface area contributed by atoms with Gasteiger partial charge in [0.15, 0.2) is 0 Å². The summed E-state index contributed by atoms with van der Waals surface area (Å²) in [5.74, 6) is 5.30. The minimum absolute atomic E-state index is 0.358. The first kappa shape index (κ1) is 26.9. The van der Waals surface area contributed by atoms with E-state index in [9.17, 15) is 9.59 Å². The molecule has 5 rings (SSSR count). The van der Waals surface area contributed by atoms with E-state index < -0.39 is 0 Å². The van der Waals surface area contributed by atoms with E-state index in [2.05, 4.69) is 11.8 Å². The van der Waals surface area contributed by atoms with Gasteiger partial charge in [-0.25, -0.2) is 0 Å². The minimum atomic E-state index is 0.358. The van der Waals surface area contributed by atoms with Gasteiger partial charge in [0, 0.05) is 30.0 Å². The second-order valence-electron chi connectivity index (χ2n) is 14.1. The lowest BCUT2D eigenvalue weighted by atomic mass is 9.68. The van der Waals surface area contributed by atoms with Gasteiger partial charge in [0.25, 0.3) is 0 Å². The number of rotatable bonds is 7. The Balaban J connectivity index is 1.16.